The Kier molecular flexibility index (Phi) is 2.61. The number of aryl methyl sites for hydroxylation is 2. The molecule has 4 fully saturated rings. The van der Waals surface area contributed by atoms with E-state index in [0.29, 0.717) is 11.3 Å². The predicted octanol–water partition coefficient (Wildman–Crippen LogP) is 3.30. The van der Waals surface area contributed by atoms with Gasteiger partial charge in [-0.3, -0.25) is 0 Å². The van der Waals surface area contributed by atoms with E-state index in [2.05, 4.69) is 40.0 Å². The molecular weight excluding hydrogens is 267 g/mol. The van der Waals surface area contributed by atoms with Gasteiger partial charge in [0.2, 0.25) is 0 Å². The van der Waals surface area contributed by atoms with Gasteiger partial charge in [-0.25, -0.2) is 0 Å². The fourth-order valence-corrected chi connectivity index (χ4v) is 5.79. The van der Waals surface area contributed by atoms with Gasteiger partial charge in [0.15, 0.2) is 0 Å². The van der Waals surface area contributed by atoms with Crippen molar-refractivity contribution < 1.29 is 9.31 Å². The van der Waals surface area contributed by atoms with Crippen molar-refractivity contribution >= 4 is 23.9 Å². The molecule has 1 aliphatic heterocycles. The topological polar surface area (TPSA) is 18.5 Å². The van der Waals surface area contributed by atoms with Gasteiger partial charge >= 0.3 is 7.12 Å². The zero-order valence-electron chi connectivity index (χ0n) is 13.0. The number of rotatable bonds is 1. The van der Waals surface area contributed by atoms with Gasteiger partial charge < -0.3 is 9.31 Å². The Bertz CT molecular complexity index is 547. The van der Waals surface area contributed by atoms with Crippen LogP contribution >= 0.6 is 11.3 Å². The van der Waals surface area contributed by atoms with E-state index in [1.807, 2.05) is 0 Å². The van der Waals surface area contributed by atoms with Crippen LogP contribution in [0.3, 0.4) is 0 Å². The molecule has 0 N–H and O–H groups in total. The standard InChI is InChI=1S/C16H23BO2S/c1-9-8-20-10(2)14(9)17-18-13-7-11-6-12(15(11,3)4)16(13,5)19-17/h8,11-13H,6-7H2,1-5H3/t11-,12+,13-,16-/m1/s1. The molecule has 5 rings (SSSR count). The quantitative estimate of drug-likeness (QED) is 0.739. The Morgan fingerprint density at radius 2 is 2.00 bits per heavy atom. The van der Waals surface area contributed by atoms with E-state index in [1.54, 1.807) is 11.3 Å². The first-order chi connectivity index (χ1) is 9.34. The molecule has 2 nitrogen and oxygen atoms in total. The molecule has 20 heavy (non-hydrogen) atoms. The Morgan fingerprint density at radius 3 is 2.60 bits per heavy atom. The smallest absolute Gasteiger partial charge is 0.401 e. The summed E-state index contributed by atoms with van der Waals surface area (Å²) in [5.74, 6) is 1.46. The minimum Gasteiger partial charge on any atom is -0.401 e. The molecule has 0 aromatic carbocycles. The third-order valence-electron chi connectivity index (χ3n) is 6.40. The Labute approximate surface area is 126 Å². The van der Waals surface area contributed by atoms with Gasteiger partial charge in [0.1, 0.15) is 0 Å². The molecule has 3 saturated carbocycles. The third kappa shape index (κ3) is 1.48. The second-order valence-electron chi connectivity index (χ2n) is 7.69. The monoisotopic (exact) mass is 290 g/mol. The largest absolute Gasteiger partial charge is 0.496 e. The van der Waals surface area contributed by atoms with Crippen LogP contribution in [0.5, 0.6) is 0 Å². The van der Waals surface area contributed by atoms with Crippen LogP contribution in [-0.4, -0.2) is 18.8 Å². The fourth-order valence-electron chi connectivity index (χ4n) is 4.92. The van der Waals surface area contributed by atoms with Crippen molar-refractivity contribution in [1.29, 1.82) is 0 Å². The summed E-state index contributed by atoms with van der Waals surface area (Å²) in [4.78, 5) is 1.33. The van der Waals surface area contributed by atoms with Gasteiger partial charge in [-0.05, 0) is 67.3 Å². The molecule has 2 bridgehead atoms. The lowest BCUT2D eigenvalue weighted by molar-refractivity contribution is -0.199. The predicted molar refractivity (Wildman–Crippen MR) is 83.5 cm³/mol. The maximum absolute atomic E-state index is 6.53. The minimum absolute atomic E-state index is 0.0935. The molecular formula is C16H23BO2S. The molecule has 1 aromatic rings. The van der Waals surface area contributed by atoms with Gasteiger partial charge in [0.25, 0.3) is 0 Å². The summed E-state index contributed by atoms with van der Waals surface area (Å²) in [6, 6.07) is 0. The van der Waals surface area contributed by atoms with Crippen molar-refractivity contribution in [3.8, 4) is 0 Å². The van der Waals surface area contributed by atoms with Crippen LogP contribution < -0.4 is 5.46 Å². The van der Waals surface area contributed by atoms with Gasteiger partial charge in [0.05, 0.1) is 11.7 Å². The molecule has 0 unspecified atom stereocenters. The SMILES string of the molecule is Cc1csc(C)c1B1O[C@@H]2C[C@H]3C[C@@H](C3(C)C)[C@@]2(C)O1. The van der Waals surface area contributed by atoms with Crippen LogP contribution in [0.1, 0.15) is 44.1 Å². The molecule has 108 valence electrons. The highest BCUT2D eigenvalue weighted by Crippen LogP contribution is 2.65. The summed E-state index contributed by atoms with van der Waals surface area (Å²) in [6.07, 6.45) is 2.76. The van der Waals surface area contributed by atoms with Crippen molar-refractivity contribution in [3.05, 3.63) is 15.8 Å². The van der Waals surface area contributed by atoms with Crippen molar-refractivity contribution in [2.75, 3.05) is 0 Å². The van der Waals surface area contributed by atoms with Crippen LogP contribution in [0.25, 0.3) is 0 Å². The molecule has 4 aliphatic rings. The van der Waals surface area contributed by atoms with Gasteiger partial charge in [0, 0.05) is 4.88 Å². The minimum atomic E-state index is -0.147. The lowest BCUT2D eigenvalue weighted by atomic mass is 9.43. The lowest BCUT2D eigenvalue weighted by Gasteiger charge is -2.64. The van der Waals surface area contributed by atoms with E-state index < -0.39 is 0 Å². The summed E-state index contributed by atoms with van der Waals surface area (Å²) in [7, 11) is -0.147. The average Bonchev–Trinajstić information content (AvgIpc) is 2.87. The highest BCUT2D eigenvalue weighted by atomic mass is 32.1. The summed E-state index contributed by atoms with van der Waals surface area (Å²) in [5.41, 5.74) is 2.92. The van der Waals surface area contributed by atoms with E-state index in [1.165, 1.54) is 28.7 Å². The third-order valence-corrected chi connectivity index (χ3v) is 7.45. The van der Waals surface area contributed by atoms with E-state index in [-0.39, 0.29) is 18.8 Å². The van der Waals surface area contributed by atoms with E-state index >= 15 is 0 Å². The van der Waals surface area contributed by atoms with Crippen LogP contribution in [0.4, 0.5) is 0 Å². The van der Waals surface area contributed by atoms with Crippen molar-refractivity contribution in [1.82, 2.24) is 0 Å². The fraction of sp³-hybridized carbons (Fsp3) is 0.750. The van der Waals surface area contributed by atoms with Crippen molar-refractivity contribution in [2.45, 2.75) is 59.2 Å². The molecule has 2 heterocycles. The Hall–Kier alpha value is -0.315. The van der Waals surface area contributed by atoms with Crippen LogP contribution in [0.15, 0.2) is 5.38 Å². The van der Waals surface area contributed by atoms with Gasteiger partial charge in [-0.15, -0.1) is 11.3 Å². The highest BCUT2D eigenvalue weighted by molar-refractivity contribution is 7.11. The van der Waals surface area contributed by atoms with E-state index in [4.69, 9.17) is 9.31 Å². The molecule has 4 atom stereocenters. The number of hydrogen-bond acceptors (Lipinski definition) is 3. The summed E-state index contributed by atoms with van der Waals surface area (Å²) in [6.45, 7) is 11.4. The molecule has 1 aromatic heterocycles. The Balaban J connectivity index is 1.68. The average molecular weight is 290 g/mol. The van der Waals surface area contributed by atoms with Crippen LogP contribution in [-0.2, 0) is 9.31 Å². The van der Waals surface area contributed by atoms with E-state index in [9.17, 15) is 0 Å². The van der Waals surface area contributed by atoms with Gasteiger partial charge in [-0.1, -0.05) is 13.8 Å². The summed E-state index contributed by atoms with van der Waals surface area (Å²) < 4.78 is 12.9. The molecule has 0 amide bonds. The molecule has 4 heteroatoms. The zero-order valence-corrected chi connectivity index (χ0v) is 13.8. The van der Waals surface area contributed by atoms with Crippen LogP contribution in [0.2, 0.25) is 0 Å². The van der Waals surface area contributed by atoms with Crippen molar-refractivity contribution in [3.63, 3.8) is 0 Å². The highest BCUT2D eigenvalue weighted by Gasteiger charge is 2.68. The van der Waals surface area contributed by atoms with Gasteiger partial charge in [-0.2, -0.15) is 0 Å². The van der Waals surface area contributed by atoms with Crippen LogP contribution in [0, 0.1) is 31.1 Å². The Morgan fingerprint density at radius 1 is 1.25 bits per heavy atom. The first kappa shape index (κ1) is 13.4. The summed E-state index contributed by atoms with van der Waals surface area (Å²) in [5, 5.41) is 2.21. The second-order valence-corrected chi connectivity index (χ2v) is 8.77. The summed E-state index contributed by atoms with van der Waals surface area (Å²) >= 11 is 1.80. The molecule has 3 aliphatic carbocycles. The van der Waals surface area contributed by atoms with Crippen molar-refractivity contribution in [2.24, 2.45) is 17.3 Å². The zero-order chi connectivity index (χ0) is 14.3. The number of hydrogen-bond donors (Lipinski definition) is 0. The maximum Gasteiger partial charge on any atom is 0.496 e. The molecule has 0 spiro atoms. The number of thiophene rings is 1. The molecule has 1 saturated heterocycles. The first-order valence-electron chi connectivity index (χ1n) is 7.72. The maximum atomic E-state index is 6.53. The normalized spacial score (nSPS) is 41.5. The second kappa shape index (κ2) is 3.90. The lowest BCUT2D eigenvalue weighted by Crippen LogP contribution is -2.65. The first-order valence-corrected chi connectivity index (χ1v) is 8.60. The van der Waals surface area contributed by atoms with E-state index in [0.717, 1.165) is 5.92 Å². The molecule has 0 radical (unpaired) electrons.